The largest absolute Gasteiger partial charge is 0.281 e. The minimum absolute atomic E-state index is 0.189. The molecule has 0 atom stereocenters. The molecule has 0 saturated heterocycles. The molecule has 0 fully saturated rings. The lowest BCUT2D eigenvalue weighted by Gasteiger charge is -1.91. The van der Waals surface area contributed by atoms with Gasteiger partial charge in [0.1, 0.15) is 0 Å². The van der Waals surface area contributed by atoms with Crippen LogP contribution in [-0.2, 0) is 0 Å². The van der Waals surface area contributed by atoms with E-state index in [0.717, 1.165) is 5.39 Å². The summed E-state index contributed by atoms with van der Waals surface area (Å²) in [6.07, 6.45) is 2.52. The van der Waals surface area contributed by atoms with Crippen LogP contribution in [-0.4, -0.2) is 4.98 Å². The zero-order valence-corrected chi connectivity index (χ0v) is 6.77. The molecule has 0 bridgehead atoms. The Bertz CT molecular complexity index is 475. The van der Waals surface area contributed by atoms with E-state index in [1.54, 1.807) is 18.2 Å². The molecule has 0 amide bonds. The molecule has 1 aromatic carbocycles. The van der Waals surface area contributed by atoms with Crippen molar-refractivity contribution in [3.8, 4) is 0 Å². The molecular formula is C9H4ClNO. The predicted molar refractivity (Wildman–Crippen MR) is 47.3 cm³/mol. The first-order valence-electron chi connectivity index (χ1n) is 3.38. The van der Waals surface area contributed by atoms with Crippen molar-refractivity contribution in [1.29, 1.82) is 0 Å². The Morgan fingerprint density at radius 2 is 2.25 bits per heavy atom. The van der Waals surface area contributed by atoms with Gasteiger partial charge in [0.2, 0.25) is 0 Å². The zero-order chi connectivity index (χ0) is 8.55. The van der Waals surface area contributed by atoms with Crippen LogP contribution in [0.5, 0.6) is 0 Å². The number of benzene rings is 1. The Kier molecular flexibility index (Phi) is 1.53. The van der Waals surface area contributed by atoms with E-state index in [1.165, 1.54) is 0 Å². The number of halogens is 1. The van der Waals surface area contributed by atoms with E-state index in [4.69, 9.17) is 11.6 Å². The number of fused-ring (bicyclic) bond motifs is 1. The maximum Gasteiger partial charge on any atom is 0.264 e. The maximum atomic E-state index is 11.2. The van der Waals surface area contributed by atoms with Crippen molar-refractivity contribution in [2.45, 2.75) is 0 Å². The van der Waals surface area contributed by atoms with Gasteiger partial charge in [-0.2, -0.15) is 0 Å². The summed E-state index contributed by atoms with van der Waals surface area (Å²) < 4.78 is 0. The van der Waals surface area contributed by atoms with Crippen molar-refractivity contribution in [3.63, 3.8) is 0 Å². The topological polar surface area (TPSA) is 32.9 Å². The van der Waals surface area contributed by atoms with Gasteiger partial charge in [0.15, 0.2) is 0 Å². The molecule has 12 heavy (non-hydrogen) atoms. The van der Waals surface area contributed by atoms with Gasteiger partial charge in [-0.05, 0) is 24.3 Å². The second-order valence-corrected chi connectivity index (χ2v) is 2.83. The van der Waals surface area contributed by atoms with Gasteiger partial charge in [-0.25, -0.2) is 0 Å². The SMILES string of the molecule is O=c1[nH]c#cc2ccc(Cl)cc12. The molecule has 0 radical (unpaired) electrons. The second-order valence-electron chi connectivity index (χ2n) is 2.39. The van der Waals surface area contributed by atoms with Crippen molar-refractivity contribution in [1.82, 2.24) is 4.98 Å². The molecule has 1 N–H and O–H groups in total. The van der Waals surface area contributed by atoms with Crippen LogP contribution >= 0.6 is 11.6 Å². The van der Waals surface area contributed by atoms with Gasteiger partial charge in [0, 0.05) is 16.6 Å². The molecule has 0 aliphatic carbocycles. The van der Waals surface area contributed by atoms with E-state index in [2.05, 4.69) is 17.2 Å². The van der Waals surface area contributed by atoms with E-state index >= 15 is 0 Å². The Balaban J connectivity index is 2.98. The lowest BCUT2D eigenvalue weighted by molar-refractivity contribution is 1.29. The fourth-order valence-electron chi connectivity index (χ4n) is 1.04. The highest BCUT2D eigenvalue weighted by atomic mass is 35.5. The molecule has 3 heteroatoms. The second kappa shape index (κ2) is 2.54. The van der Waals surface area contributed by atoms with Gasteiger partial charge in [0.25, 0.3) is 5.56 Å². The summed E-state index contributed by atoms with van der Waals surface area (Å²) in [4.78, 5) is 13.6. The summed E-state index contributed by atoms with van der Waals surface area (Å²) in [5, 5.41) is 1.82. The summed E-state index contributed by atoms with van der Waals surface area (Å²) >= 11 is 5.71. The van der Waals surface area contributed by atoms with Gasteiger partial charge in [-0.15, -0.1) is 0 Å². The summed E-state index contributed by atoms with van der Waals surface area (Å²) in [6.45, 7) is 0. The Labute approximate surface area is 73.8 Å². The van der Waals surface area contributed by atoms with Crippen LogP contribution in [0.3, 0.4) is 0 Å². The lowest BCUT2D eigenvalue weighted by atomic mass is 10.2. The van der Waals surface area contributed by atoms with Crippen LogP contribution in [0.2, 0.25) is 5.02 Å². The third-order valence-corrected chi connectivity index (χ3v) is 1.83. The fourth-order valence-corrected chi connectivity index (χ4v) is 1.21. The minimum atomic E-state index is -0.189. The number of rotatable bonds is 0. The first-order valence-corrected chi connectivity index (χ1v) is 3.76. The van der Waals surface area contributed by atoms with Gasteiger partial charge in [-0.1, -0.05) is 11.6 Å². The fraction of sp³-hybridized carbons (Fsp3) is 0. The molecule has 0 spiro atoms. The third kappa shape index (κ3) is 1.05. The van der Waals surface area contributed by atoms with Gasteiger partial charge in [-0.3, -0.25) is 9.78 Å². The smallest absolute Gasteiger partial charge is 0.264 e. The van der Waals surface area contributed by atoms with Crippen LogP contribution in [0.25, 0.3) is 10.8 Å². The highest BCUT2D eigenvalue weighted by Gasteiger charge is 1.96. The minimum Gasteiger partial charge on any atom is -0.281 e. The normalized spacial score (nSPS) is 9.75. The molecule has 1 aromatic heterocycles. The molecular weight excluding hydrogens is 174 g/mol. The number of aromatic amines is 1. The first kappa shape index (κ1) is 7.20. The molecule has 0 unspecified atom stereocenters. The highest BCUT2D eigenvalue weighted by Crippen LogP contribution is 2.13. The van der Waals surface area contributed by atoms with Crippen molar-refractivity contribution in [3.05, 3.63) is 45.8 Å². The molecule has 58 valence electrons. The molecule has 0 aliphatic rings. The maximum absolute atomic E-state index is 11.2. The first-order chi connectivity index (χ1) is 5.77. The van der Waals surface area contributed by atoms with Crippen molar-refractivity contribution in [2.75, 3.05) is 0 Å². The van der Waals surface area contributed by atoms with Crippen molar-refractivity contribution < 1.29 is 0 Å². The van der Waals surface area contributed by atoms with Crippen LogP contribution in [0.4, 0.5) is 0 Å². The van der Waals surface area contributed by atoms with E-state index in [1.807, 2.05) is 0 Å². The molecule has 2 nitrogen and oxygen atoms in total. The molecule has 0 saturated carbocycles. The lowest BCUT2D eigenvalue weighted by Crippen LogP contribution is -2.02. The Hall–Kier alpha value is -1.46. The van der Waals surface area contributed by atoms with Crippen molar-refractivity contribution >= 4 is 22.4 Å². The monoisotopic (exact) mass is 177 g/mol. The average molecular weight is 178 g/mol. The van der Waals surface area contributed by atoms with E-state index in [-0.39, 0.29) is 5.56 Å². The Morgan fingerprint density at radius 1 is 1.42 bits per heavy atom. The highest BCUT2D eigenvalue weighted by molar-refractivity contribution is 6.31. The molecule has 2 aromatic rings. The van der Waals surface area contributed by atoms with Gasteiger partial charge in [0.05, 0.1) is 5.39 Å². The average Bonchev–Trinajstić information content (AvgIpc) is 2.07. The van der Waals surface area contributed by atoms with Crippen LogP contribution in [0.1, 0.15) is 0 Å². The van der Waals surface area contributed by atoms with Gasteiger partial charge < -0.3 is 0 Å². The summed E-state index contributed by atoms with van der Waals surface area (Å²) in [5.41, 5.74) is -0.189. The molecule has 1 heterocycles. The van der Waals surface area contributed by atoms with E-state index in [0.29, 0.717) is 10.4 Å². The Morgan fingerprint density at radius 3 is 3.08 bits per heavy atom. The number of aromatic nitrogens is 1. The van der Waals surface area contributed by atoms with Gasteiger partial charge >= 0.3 is 0 Å². The molecule has 2 rings (SSSR count). The standard InChI is InChI=1S/C9H4ClNO/c10-7-2-1-6-3-4-11-9(12)8(6)5-7/h1-2,5H,(H,11,12). The summed E-state index contributed by atoms with van der Waals surface area (Å²) in [6, 6.07) is 7.85. The summed E-state index contributed by atoms with van der Waals surface area (Å²) in [5.74, 6) is 0. The molecule has 0 aliphatic heterocycles. The van der Waals surface area contributed by atoms with Crippen LogP contribution < -0.4 is 5.56 Å². The predicted octanol–water partition coefficient (Wildman–Crippen LogP) is 1.78. The number of hydrogen-bond donors (Lipinski definition) is 1. The number of H-pyrrole nitrogens is 1. The number of hydrogen-bond acceptors (Lipinski definition) is 1. The zero-order valence-electron chi connectivity index (χ0n) is 6.02. The van der Waals surface area contributed by atoms with Crippen LogP contribution in [0, 0.1) is 12.3 Å². The number of nitrogens with one attached hydrogen (secondary N) is 1. The van der Waals surface area contributed by atoms with E-state index < -0.39 is 0 Å². The quantitative estimate of drug-likeness (QED) is 0.654. The van der Waals surface area contributed by atoms with E-state index in [9.17, 15) is 4.79 Å². The summed E-state index contributed by atoms with van der Waals surface area (Å²) in [7, 11) is 0. The third-order valence-electron chi connectivity index (χ3n) is 1.60. The van der Waals surface area contributed by atoms with Crippen LogP contribution in [0.15, 0.2) is 23.0 Å². The van der Waals surface area contributed by atoms with Crippen molar-refractivity contribution in [2.24, 2.45) is 0 Å².